The van der Waals surface area contributed by atoms with E-state index >= 15 is 0 Å². The minimum Gasteiger partial charge on any atom is -0.414 e. The van der Waals surface area contributed by atoms with Crippen LogP contribution in [0, 0.1) is 0 Å². The first-order valence-corrected chi connectivity index (χ1v) is 8.49. The van der Waals surface area contributed by atoms with E-state index in [1.807, 2.05) is 30.3 Å². The maximum atomic E-state index is 12.7. The number of halogens is 3. The maximum Gasteiger partial charge on any atom is 0.301 e. The number of aromatic nitrogens is 4. The van der Waals surface area contributed by atoms with Crippen molar-refractivity contribution in [2.75, 3.05) is 5.75 Å². The summed E-state index contributed by atoms with van der Waals surface area (Å²) in [4.78, 5) is 0. The molecule has 24 heavy (non-hydrogen) atoms. The number of benzene rings is 1. The molecule has 0 bridgehead atoms. The number of rotatable bonds is 6. The van der Waals surface area contributed by atoms with Crippen LogP contribution in [0.3, 0.4) is 0 Å². The Balaban J connectivity index is 1.66. The lowest BCUT2D eigenvalue weighted by Gasteiger charge is -1.94. The molecule has 0 aliphatic rings. The van der Waals surface area contributed by atoms with E-state index in [4.69, 9.17) is 4.42 Å². The molecule has 0 radical (unpaired) electrons. The van der Waals surface area contributed by atoms with Crippen molar-refractivity contribution in [1.82, 2.24) is 20.4 Å². The van der Waals surface area contributed by atoms with E-state index in [0.29, 0.717) is 15.2 Å². The van der Waals surface area contributed by atoms with Crippen LogP contribution >= 0.6 is 23.1 Å². The summed E-state index contributed by atoms with van der Waals surface area (Å²) in [5, 5.41) is 16.1. The molecule has 3 rings (SSSR count). The zero-order valence-corrected chi connectivity index (χ0v) is 13.6. The fourth-order valence-corrected chi connectivity index (χ4v) is 3.46. The van der Waals surface area contributed by atoms with Crippen molar-refractivity contribution in [3.05, 3.63) is 42.2 Å². The lowest BCUT2D eigenvalue weighted by atomic mass is 10.2. The first-order chi connectivity index (χ1) is 11.6. The highest BCUT2D eigenvalue weighted by Crippen LogP contribution is 2.31. The molecule has 0 spiro atoms. The highest BCUT2D eigenvalue weighted by molar-refractivity contribution is 8.01. The van der Waals surface area contributed by atoms with Crippen LogP contribution in [0.2, 0.25) is 0 Å². The molecular formula is C14H9F3N4OS2. The predicted octanol–water partition coefficient (Wildman–Crippen LogP) is 4.81. The molecule has 5 nitrogen and oxygen atoms in total. The van der Waals surface area contributed by atoms with Crippen LogP contribution in [0.1, 0.15) is 6.42 Å². The van der Waals surface area contributed by atoms with Crippen LogP contribution in [0.15, 0.2) is 51.0 Å². The zero-order valence-electron chi connectivity index (χ0n) is 11.9. The van der Waals surface area contributed by atoms with Crippen molar-refractivity contribution in [3.63, 3.8) is 0 Å². The van der Waals surface area contributed by atoms with Crippen LogP contribution in [0.5, 0.6) is 0 Å². The molecule has 3 aromatic rings. The first kappa shape index (κ1) is 16.7. The first-order valence-electron chi connectivity index (χ1n) is 6.68. The fourth-order valence-electron chi connectivity index (χ4n) is 1.68. The number of hydrogen-bond donors (Lipinski definition) is 0. The Bertz CT molecular complexity index is 847. The van der Waals surface area contributed by atoms with E-state index in [9.17, 15) is 13.2 Å². The third kappa shape index (κ3) is 4.01. The highest BCUT2D eigenvalue weighted by atomic mass is 32.2. The summed E-state index contributed by atoms with van der Waals surface area (Å²) in [6, 6.07) is 9.26. The molecule has 0 atom stereocenters. The summed E-state index contributed by atoms with van der Waals surface area (Å²) in [7, 11) is 0. The molecule has 10 heteroatoms. The summed E-state index contributed by atoms with van der Waals surface area (Å²) in [5.74, 6) is -0.687. The third-order valence-corrected chi connectivity index (χ3v) is 4.83. The maximum absolute atomic E-state index is 12.7. The van der Waals surface area contributed by atoms with Crippen LogP contribution in [-0.2, 0) is 0 Å². The SMILES string of the molecule is FC(F)=C(F)CCSc1nnc(-c2nnc(-c3ccccc3)o2)s1. The Hall–Kier alpha value is -2.20. The lowest BCUT2D eigenvalue weighted by molar-refractivity contribution is 0.373. The second-order valence-corrected chi connectivity index (χ2v) is 6.73. The van der Waals surface area contributed by atoms with Gasteiger partial charge >= 0.3 is 6.08 Å². The summed E-state index contributed by atoms with van der Waals surface area (Å²) < 4.78 is 42.7. The topological polar surface area (TPSA) is 64.7 Å². The van der Waals surface area contributed by atoms with Gasteiger partial charge in [-0.25, -0.2) is 4.39 Å². The van der Waals surface area contributed by atoms with Crippen molar-refractivity contribution in [2.45, 2.75) is 10.8 Å². The van der Waals surface area contributed by atoms with Crippen LogP contribution in [0.25, 0.3) is 22.4 Å². The molecule has 124 valence electrons. The van der Waals surface area contributed by atoms with Gasteiger partial charge in [-0.05, 0) is 12.1 Å². The number of hydrogen-bond acceptors (Lipinski definition) is 7. The van der Waals surface area contributed by atoms with Crippen molar-refractivity contribution >= 4 is 23.1 Å². The van der Waals surface area contributed by atoms with Crippen molar-refractivity contribution in [2.24, 2.45) is 0 Å². The van der Waals surface area contributed by atoms with E-state index in [-0.39, 0.29) is 18.1 Å². The zero-order chi connectivity index (χ0) is 16.9. The van der Waals surface area contributed by atoms with Gasteiger partial charge in [-0.3, -0.25) is 0 Å². The van der Waals surface area contributed by atoms with Gasteiger partial charge in [0.25, 0.3) is 5.89 Å². The van der Waals surface area contributed by atoms with E-state index in [2.05, 4.69) is 20.4 Å². The van der Waals surface area contributed by atoms with E-state index in [1.165, 1.54) is 11.3 Å². The van der Waals surface area contributed by atoms with Gasteiger partial charge in [0.2, 0.25) is 10.9 Å². The molecule has 0 saturated heterocycles. The smallest absolute Gasteiger partial charge is 0.301 e. The summed E-state index contributed by atoms with van der Waals surface area (Å²) in [6.45, 7) is 0. The number of allylic oxidation sites excluding steroid dienone is 1. The minimum absolute atomic E-state index is 0.136. The van der Waals surface area contributed by atoms with Gasteiger partial charge in [0.1, 0.15) is 0 Å². The third-order valence-electron chi connectivity index (χ3n) is 2.79. The van der Waals surface area contributed by atoms with Gasteiger partial charge < -0.3 is 4.42 Å². The monoisotopic (exact) mass is 370 g/mol. The van der Waals surface area contributed by atoms with Gasteiger partial charge in [-0.2, -0.15) is 8.78 Å². The normalized spacial score (nSPS) is 10.8. The molecule has 0 aliphatic heterocycles. The fraction of sp³-hybridized carbons (Fsp3) is 0.143. The molecule has 0 unspecified atom stereocenters. The minimum atomic E-state index is -2.28. The van der Waals surface area contributed by atoms with Crippen LogP contribution in [-0.4, -0.2) is 26.1 Å². The summed E-state index contributed by atoms with van der Waals surface area (Å²) in [5.41, 5.74) is 0.783. The standard InChI is InChI=1S/C14H9F3N4OS2/c15-9(10(16)17)6-7-23-14-21-20-13(24-14)12-19-18-11(22-12)8-4-2-1-3-5-8/h1-5H,6-7H2. The van der Waals surface area contributed by atoms with Crippen molar-refractivity contribution in [1.29, 1.82) is 0 Å². The van der Waals surface area contributed by atoms with Crippen molar-refractivity contribution < 1.29 is 17.6 Å². The molecule has 0 saturated carbocycles. The second kappa shape index (κ2) is 7.58. The molecule has 1 aromatic carbocycles. The molecule has 0 fully saturated rings. The second-order valence-electron chi connectivity index (χ2n) is 4.42. The molecule has 0 amide bonds. The molecule has 0 N–H and O–H groups in total. The van der Waals surface area contributed by atoms with E-state index < -0.39 is 11.9 Å². The van der Waals surface area contributed by atoms with Crippen LogP contribution in [0.4, 0.5) is 13.2 Å². The Labute approximate surface area is 142 Å². The van der Waals surface area contributed by atoms with Crippen LogP contribution < -0.4 is 0 Å². The molecule has 0 aliphatic carbocycles. The quantitative estimate of drug-likeness (QED) is 0.580. The van der Waals surface area contributed by atoms with Crippen molar-refractivity contribution in [3.8, 4) is 22.4 Å². The van der Waals surface area contributed by atoms with Gasteiger partial charge in [0, 0.05) is 17.7 Å². The molecule has 2 aromatic heterocycles. The highest BCUT2D eigenvalue weighted by Gasteiger charge is 2.15. The van der Waals surface area contributed by atoms with E-state index in [1.54, 1.807) is 0 Å². The lowest BCUT2D eigenvalue weighted by Crippen LogP contribution is -1.82. The average Bonchev–Trinajstić information content (AvgIpc) is 3.24. The Morgan fingerprint density at radius 2 is 1.75 bits per heavy atom. The Kier molecular flexibility index (Phi) is 5.26. The predicted molar refractivity (Wildman–Crippen MR) is 84.3 cm³/mol. The summed E-state index contributed by atoms with van der Waals surface area (Å²) in [6.07, 6.45) is -2.64. The number of nitrogens with zero attached hydrogens (tertiary/aromatic N) is 4. The average molecular weight is 370 g/mol. The Morgan fingerprint density at radius 3 is 2.50 bits per heavy atom. The van der Waals surface area contributed by atoms with Gasteiger partial charge in [0.15, 0.2) is 10.2 Å². The van der Waals surface area contributed by atoms with E-state index in [0.717, 1.165) is 17.3 Å². The molecular weight excluding hydrogens is 361 g/mol. The summed E-state index contributed by atoms with van der Waals surface area (Å²) >= 11 is 2.31. The van der Waals surface area contributed by atoms with Gasteiger partial charge in [-0.15, -0.1) is 20.4 Å². The van der Waals surface area contributed by atoms with Gasteiger partial charge in [0.05, 0.1) is 0 Å². The van der Waals surface area contributed by atoms with Gasteiger partial charge in [-0.1, -0.05) is 41.3 Å². The number of thioether (sulfide) groups is 1. The largest absolute Gasteiger partial charge is 0.414 e. The Morgan fingerprint density at radius 1 is 1.00 bits per heavy atom. The molecule has 2 heterocycles.